The molecule has 406 valence electrons. The fourth-order valence-electron chi connectivity index (χ4n) is 10.3. The van der Waals surface area contributed by atoms with Crippen molar-refractivity contribution in [3.8, 4) is 0 Å². The molecule has 0 aromatic heterocycles. The van der Waals surface area contributed by atoms with Gasteiger partial charge in [-0.25, -0.2) is 0 Å². The van der Waals surface area contributed by atoms with E-state index in [1.165, 1.54) is 0 Å². The summed E-state index contributed by atoms with van der Waals surface area (Å²) in [6.45, 7) is 21.0. The number of benzene rings is 1. The molecule has 2 fully saturated rings. The van der Waals surface area contributed by atoms with Crippen molar-refractivity contribution in [1.29, 1.82) is 0 Å². The van der Waals surface area contributed by atoms with Crippen LogP contribution in [-0.2, 0) is 58.8 Å². The second kappa shape index (κ2) is 34.2. The van der Waals surface area contributed by atoms with Gasteiger partial charge in [0.2, 0.25) is 17.7 Å². The summed E-state index contributed by atoms with van der Waals surface area (Å²) in [7, 11) is 4.94. The van der Waals surface area contributed by atoms with Gasteiger partial charge in [-0.2, -0.15) is 0 Å². The van der Waals surface area contributed by atoms with E-state index >= 15 is 0 Å². The number of nitrogens with zero attached hydrogens (tertiary/aromatic N) is 3. The molecular formula is C54H93N5O12. The highest BCUT2D eigenvalue weighted by Gasteiger charge is 2.44. The molecule has 0 spiro atoms. The third-order valence-electron chi connectivity index (χ3n) is 14.4. The van der Waals surface area contributed by atoms with Gasteiger partial charge in [-0.15, -0.1) is 0 Å². The largest absolute Gasteiger partial charge is 0.394 e. The number of methoxy groups -OCH3 is 2. The number of likely N-dealkylation sites (N-methyl/N-ethyl adjacent to an activating group) is 1. The second-order valence-electron chi connectivity index (χ2n) is 20.1. The Bertz CT molecular complexity index is 1680. The Morgan fingerprint density at radius 3 is 1.93 bits per heavy atom. The SMILES string of the molecule is CC[C@H](C)[C@@H](C(CC(=O)N1CCC[C@H]1[C@H](OC)[C@@H](C)C(=O)C[C@@H](Cc1ccccc1)C(=O)NCCOCCOCCOCCOCCO)OC)N(C)C(=O)[C@@H](CC(=O)[C@H](C(C)C)N1CCNCC1)C(C)C. The molecule has 3 rings (SSSR count). The smallest absolute Gasteiger partial charge is 0.226 e. The van der Waals surface area contributed by atoms with Crippen molar-refractivity contribution in [2.75, 3.05) is 120 Å². The molecule has 1 unspecified atom stereocenters. The summed E-state index contributed by atoms with van der Waals surface area (Å²) in [5, 5.41) is 15.1. The summed E-state index contributed by atoms with van der Waals surface area (Å²) in [6, 6.07) is 8.55. The van der Waals surface area contributed by atoms with Gasteiger partial charge < -0.3 is 54.0 Å². The van der Waals surface area contributed by atoms with Gasteiger partial charge in [0.05, 0.1) is 96.2 Å². The van der Waals surface area contributed by atoms with Crippen LogP contribution in [0.1, 0.15) is 92.6 Å². The number of hydrogen-bond acceptors (Lipinski definition) is 14. The van der Waals surface area contributed by atoms with Crippen molar-refractivity contribution in [1.82, 2.24) is 25.3 Å². The fraction of sp³-hybridized carbons (Fsp3) is 0.796. The van der Waals surface area contributed by atoms with Crippen LogP contribution >= 0.6 is 0 Å². The Balaban J connectivity index is 1.66. The summed E-state index contributed by atoms with van der Waals surface area (Å²) >= 11 is 0. The number of carbonyl (C=O) groups is 5. The number of likely N-dealkylation sites (tertiary alicyclic amines) is 1. The number of carbonyl (C=O) groups excluding carboxylic acids is 5. The zero-order valence-electron chi connectivity index (χ0n) is 45.1. The van der Waals surface area contributed by atoms with Crippen LogP contribution in [0.3, 0.4) is 0 Å². The quantitative estimate of drug-likeness (QED) is 0.0809. The first-order valence-electron chi connectivity index (χ1n) is 26.5. The number of piperazine rings is 1. The lowest BCUT2D eigenvalue weighted by Gasteiger charge is -2.41. The Kier molecular flexibility index (Phi) is 29.8. The minimum Gasteiger partial charge on any atom is -0.394 e. The zero-order chi connectivity index (χ0) is 52.3. The number of rotatable bonds is 37. The highest BCUT2D eigenvalue weighted by molar-refractivity contribution is 5.90. The number of Topliss-reactive ketones (excluding diaryl/α,β-unsaturated/α-hetero) is 2. The van der Waals surface area contributed by atoms with Crippen LogP contribution < -0.4 is 10.6 Å². The number of amides is 3. The van der Waals surface area contributed by atoms with E-state index in [1.807, 2.05) is 56.0 Å². The summed E-state index contributed by atoms with van der Waals surface area (Å²) in [4.78, 5) is 77.0. The Labute approximate surface area is 426 Å². The van der Waals surface area contributed by atoms with Crippen LogP contribution in [0.25, 0.3) is 0 Å². The molecule has 0 bridgehead atoms. The molecule has 0 saturated carbocycles. The number of ketones is 2. The molecule has 2 aliphatic rings. The third-order valence-corrected chi connectivity index (χ3v) is 14.4. The molecule has 17 nitrogen and oxygen atoms in total. The van der Waals surface area contributed by atoms with E-state index in [2.05, 4.69) is 43.2 Å². The van der Waals surface area contributed by atoms with E-state index in [0.29, 0.717) is 59.0 Å². The van der Waals surface area contributed by atoms with Gasteiger partial charge in [0.15, 0.2) is 5.78 Å². The summed E-state index contributed by atoms with van der Waals surface area (Å²) in [5.74, 6) is -2.32. The average molecular weight is 1000 g/mol. The van der Waals surface area contributed by atoms with Crippen LogP contribution in [0, 0.1) is 35.5 Å². The van der Waals surface area contributed by atoms with E-state index < -0.39 is 36.0 Å². The third kappa shape index (κ3) is 20.4. The van der Waals surface area contributed by atoms with Gasteiger partial charge in [0.25, 0.3) is 0 Å². The predicted octanol–water partition coefficient (Wildman–Crippen LogP) is 4.06. The average Bonchev–Trinajstić information content (AvgIpc) is 3.85. The molecule has 17 heteroatoms. The monoisotopic (exact) mass is 1000 g/mol. The van der Waals surface area contributed by atoms with Crippen molar-refractivity contribution in [2.24, 2.45) is 35.5 Å². The summed E-state index contributed by atoms with van der Waals surface area (Å²) < 4.78 is 34.0. The van der Waals surface area contributed by atoms with Crippen molar-refractivity contribution in [3.05, 3.63) is 35.9 Å². The molecular weight excluding hydrogens is 911 g/mol. The Morgan fingerprint density at radius 1 is 0.775 bits per heavy atom. The van der Waals surface area contributed by atoms with Crippen LogP contribution in [0.15, 0.2) is 30.3 Å². The van der Waals surface area contributed by atoms with Gasteiger partial charge in [-0.3, -0.25) is 28.9 Å². The van der Waals surface area contributed by atoms with E-state index in [4.69, 9.17) is 33.5 Å². The summed E-state index contributed by atoms with van der Waals surface area (Å²) in [5.41, 5.74) is 0.938. The van der Waals surface area contributed by atoms with Gasteiger partial charge in [-0.1, -0.05) is 85.2 Å². The fourth-order valence-corrected chi connectivity index (χ4v) is 10.3. The van der Waals surface area contributed by atoms with E-state index in [1.54, 1.807) is 26.2 Å². The van der Waals surface area contributed by atoms with Gasteiger partial charge in [0, 0.05) is 91.1 Å². The molecule has 9 atom stereocenters. The molecule has 2 aliphatic heterocycles. The lowest BCUT2D eigenvalue weighted by atomic mass is 9.83. The first-order valence-corrected chi connectivity index (χ1v) is 26.5. The van der Waals surface area contributed by atoms with Crippen LogP contribution in [0.2, 0.25) is 0 Å². The Hall–Kier alpha value is -3.39. The molecule has 1 aromatic rings. The maximum Gasteiger partial charge on any atom is 0.226 e. The highest BCUT2D eigenvalue weighted by atomic mass is 16.6. The molecule has 3 amide bonds. The van der Waals surface area contributed by atoms with Crippen LogP contribution in [0.5, 0.6) is 0 Å². The number of aliphatic hydroxyl groups excluding tert-OH is 1. The molecule has 0 aliphatic carbocycles. The highest BCUT2D eigenvalue weighted by Crippen LogP contribution is 2.32. The first-order chi connectivity index (χ1) is 34.1. The molecule has 0 radical (unpaired) electrons. The maximum atomic E-state index is 14.6. The van der Waals surface area contributed by atoms with Gasteiger partial charge in [-0.05, 0) is 42.6 Å². The maximum absolute atomic E-state index is 14.6. The molecule has 2 saturated heterocycles. The Morgan fingerprint density at radius 2 is 1.38 bits per heavy atom. The van der Waals surface area contributed by atoms with Gasteiger partial charge in [0.1, 0.15) is 5.78 Å². The lowest BCUT2D eigenvalue weighted by molar-refractivity contribution is -0.149. The summed E-state index contributed by atoms with van der Waals surface area (Å²) in [6.07, 6.45) is 1.43. The first kappa shape index (κ1) is 61.9. The van der Waals surface area contributed by atoms with E-state index in [-0.39, 0.29) is 105 Å². The minimum atomic E-state index is -0.638. The number of ether oxygens (including phenoxy) is 6. The molecule has 1 aromatic carbocycles. The minimum absolute atomic E-state index is 0.00766. The normalized spacial score (nSPS) is 18.9. The van der Waals surface area contributed by atoms with E-state index in [9.17, 15) is 24.0 Å². The van der Waals surface area contributed by atoms with Crippen molar-refractivity contribution in [2.45, 2.75) is 124 Å². The van der Waals surface area contributed by atoms with Crippen LogP contribution in [0.4, 0.5) is 0 Å². The van der Waals surface area contributed by atoms with Crippen molar-refractivity contribution >= 4 is 29.3 Å². The number of nitrogens with one attached hydrogen (secondary N) is 2. The number of aliphatic hydroxyl groups is 1. The molecule has 3 N–H and O–H groups in total. The standard InChI is InChI=1S/C54H93N5O12/c1-11-40(6)51(57(8)54(65)44(38(2)3)36-47(62)50(39(4)5)58-23-19-55-20-24-58)48(66-9)37-49(63)59-22-15-18-45(59)52(67-10)41(7)46(61)35-43(34-42-16-13-12-14-17-42)53(64)56-21-26-68-28-30-70-32-33-71-31-29-69-27-25-60/h12-14,16-17,38-41,43-45,48,50-52,55,60H,11,15,18-37H2,1-10H3,(H,56,64)/t40-,41-,43+,44-,45-,48?,50-,51-,52+/m0/s1. The predicted molar refractivity (Wildman–Crippen MR) is 274 cm³/mol. The lowest BCUT2D eigenvalue weighted by Crippen LogP contribution is -2.55. The molecule has 2 heterocycles. The van der Waals surface area contributed by atoms with Crippen LogP contribution in [-0.4, -0.2) is 199 Å². The topological polar surface area (TPSA) is 195 Å². The van der Waals surface area contributed by atoms with Crippen molar-refractivity contribution in [3.63, 3.8) is 0 Å². The van der Waals surface area contributed by atoms with Gasteiger partial charge >= 0.3 is 0 Å². The van der Waals surface area contributed by atoms with E-state index in [0.717, 1.165) is 44.6 Å². The second-order valence-corrected chi connectivity index (χ2v) is 20.1. The number of hydrogen-bond donors (Lipinski definition) is 3. The molecule has 71 heavy (non-hydrogen) atoms. The van der Waals surface area contributed by atoms with Crippen molar-refractivity contribution < 1.29 is 57.5 Å². The zero-order valence-corrected chi connectivity index (χ0v) is 45.1.